The summed E-state index contributed by atoms with van der Waals surface area (Å²) < 4.78 is 5.68. The van der Waals surface area contributed by atoms with Gasteiger partial charge in [0, 0.05) is 19.2 Å². The van der Waals surface area contributed by atoms with Crippen molar-refractivity contribution < 1.29 is 4.74 Å². The van der Waals surface area contributed by atoms with Gasteiger partial charge in [-0.05, 0) is 51.0 Å². The van der Waals surface area contributed by atoms with Crippen LogP contribution < -0.4 is 5.32 Å². The Morgan fingerprint density at radius 1 is 1.16 bits per heavy atom. The van der Waals surface area contributed by atoms with Gasteiger partial charge in [0.15, 0.2) is 0 Å². The molecule has 1 aromatic carbocycles. The van der Waals surface area contributed by atoms with E-state index in [-0.39, 0.29) is 0 Å². The van der Waals surface area contributed by atoms with Crippen molar-refractivity contribution in [3.8, 4) is 0 Å². The molecule has 3 nitrogen and oxygen atoms in total. The largest absolute Gasteiger partial charge is 0.377 e. The van der Waals surface area contributed by atoms with Crippen LogP contribution in [-0.2, 0) is 17.9 Å². The van der Waals surface area contributed by atoms with E-state index < -0.39 is 0 Å². The van der Waals surface area contributed by atoms with Crippen LogP contribution >= 0.6 is 0 Å². The highest BCUT2D eigenvalue weighted by molar-refractivity contribution is 5.22. The number of rotatable bonds is 9. The van der Waals surface area contributed by atoms with Crippen LogP contribution in [0.3, 0.4) is 0 Å². The fourth-order valence-electron chi connectivity index (χ4n) is 1.98. The molecule has 1 N–H and O–H groups in total. The summed E-state index contributed by atoms with van der Waals surface area (Å²) in [5.41, 5.74) is 2.63. The molecule has 1 fully saturated rings. The molecule has 2 rings (SSSR count). The first-order valence-corrected chi connectivity index (χ1v) is 7.28. The van der Waals surface area contributed by atoms with E-state index in [1.165, 1.54) is 24.0 Å². The van der Waals surface area contributed by atoms with Crippen LogP contribution in [0.5, 0.6) is 0 Å². The van der Waals surface area contributed by atoms with Gasteiger partial charge in [-0.15, -0.1) is 0 Å². The number of hydrogen-bond acceptors (Lipinski definition) is 3. The number of nitrogens with one attached hydrogen (secondary N) is 1. The standard InChI is InChI=1S/C16H26N2O/c1-18(2)10-3-11-19-13-15-6-4-14(5-7-15)12-17-16-8-9-16/h4-7,16-17H,3,8-13H2,1-2H3. The second-order valence-electron chi connectivity index (χ2n) is 5.68. The van der Waals surface area contributed by atoms with Gasteiger partial charge in [-0.3, -0.25) is 0 Å². The fourth-order valence-corrected chi connectivity index (χ4v) is 1.98. The van der Waals surface area contributed by atoms with Crippen molar-refractivity contribution in [2.24, 2.45) is 0 Å². The van der Waals surface area contributed by atoms with E-state index in [0.717, 1.165) is 38.8 Å². The van der Waals surface area contributed by atoms with Crippen LogP contribution in [-0.4, -0.2) is 38.2 Å². The summed E-state index contributed by atoms with van der Waals surface area (Å²) in [6.07, 6.45) is 3.79. The predicted molar refractivity (Wildman–Crippen MR) is 79.1 cm³/mol. The molecule has 106 valence electrons. The zero-order chi connectivity index (χ0) is 13.5. The zero-order valence-corrected chi connectivity index (χ0v) is 12.2. The molecule has 0 unspecified atom stereocenters. The second kappa shape index (κ2) is 7.63. The zero-order valence-electron chi connectivity index (χ0n) is 12.2. The lowest BCUT2D eigenvalue weighted by molar-refractivity contribution is 0.113. The molecule has 1 aliphatic rings. The minimum atomic E-state index is 0.726. The molecular weight excluding hydrogens is 236 g/mol. The number of nitrogens with zero attached hydrogens (tertiary/aromatic N) is 1. The van der Waals surface area contributed by atoms with Crippen molar-refractivity contribution in [1.82, 2.24) is 10.2 Å². The molecule has 0 aliphatic heterocycles. The highest BCUT2D eigenvalue weighted by Gasteiger charge is 2.19. The first-order chi connectivity index (χ1) is 9.24. The number of hydrogen-bond donors (Lipinski definition) is 1. The van der Waals surface area contributed by atoms with Gasteiger partial charge in [0.25, 0.3) is 0 Å². The third kappa shape index (κ3) is 6.19. The van der Waals surface area contributed by atoms with Crippen molar-refractivity contribution >= 4 is 0 Å². The summed E-state index contributed by atoms with van der Waals surface area (Å²) in [5, 5.41) is 3.53. The van der Waals surface area contributed by atoms with Crippen LogP contribution in [0.15, 0.2) is 24.3 Å². The molecule has 3 heteroatoms. The molecule has 0 amide bonds. The Bertz CT molecular complexity index is 358. The molecular formula is C16H26N2O. The van der Waals surface area contributed by atoms with Gasteiger partial charge in [-0.1, -0.05) is 24.3 Å². The summed E-state index contributed by atoms with van der Waals surface area (Å²) in [6.45, 7) is 3.65. The SMILES string of the molecule is CN(C)CCCOCc1ccc(CNC2CC2)cc1. The quantitative estimate of drug-likeness (QED) is 0.692. The molecule has 1 saturated carbocycles. The van der Waals surface area contributed by atoms with Crippen molar-refractivity contribution in [1.29, 1.82) is 0 Å². The predicted octanol–water partition coefficient (Wildman–Crippen LogP) is 2.41. The number of benzene rings is 1. The Kier molecular flexibility index (Phi) is 5.83. The Balaban J connectivity index is 1.60. The smallest absolute Gasteiger partial charge is 0.0716 e. The van der Waals surface area contributed by atoms with Crippen molar-refractivity contribution in [3.63, 3.8) is 0 Å². The van der Waals surface area contributed by atoms with Gasteiger partial charge in [-0.2, -0.15) is 0 Å². The fraction of sp³-hybridized carbons (Fsp3) is 0.625. The molecule has 0 atom stereocenters. The van der Waals surface area contributed by atoms with Gasteiger partial charge >= 0.3 is 0 Å². The van der Waals surface area contributed by atoms with Crippen LogP contribution in [0.2, 0.25) is 0 Å². The Hall–Kier alpha value is -0.900. The Morgan fingerprint density at radius 2 is 1.84 bits per heavy atom. The molecule has 0 spiro atoms. The summed E-state index contributed by atoms with van der Waals surface area (Å²) in [6, 6.07) is 9.53. The van der Waals surface area contributed by atoms with Crippen molar-refractivity contribution in [2.45, 2.75) is 38.5 Å². The molecule has 0 aromatic heterocycles. The lowest BCUT2D eigenvalue weighted by Gasteiger charge is -2.10. The molecule has 0 radical (unpaired) electrons. The number of ether oxygens (including phenoxy) is 1. The Labute approximate surface area is 116 Å². The van der Waals surface area contributed by atoms with E-state index in [2.05, 4.69) is 48.6 Å². The minimum absolute atomic E-state index is 0.726. The highest BCUT2D eigenvalue weighted by Crippen LogP contribution is 2.19. The molecule has 19 heavy (non-hydrogen) atoms. The van der Waals surface area contributed by atoms with Crippen molar-refractivity contribution in [2.75, 3.05) is 27.2 Å². The highest BCUT2D eigenvalue weighted by atomic mass is 16.5. The topological polar surface area (TPSA) is 24.5 Å². The van der Waals surface area contributed by atoms with Gasteiger partial charge in [0.2, 0.25) is 0 Å². The van der Waals surface area contributed by atoms with E-state index >= 15 is 0 Å². The molecule has 0 saturated heterocycles. The normalized spacial score (nSPS) is 15.1. The average molecular weight is 262 g/mol. The van der Waals surface area contributed by atoms with Gasteiger partial charge in [0.05, 0.1) is 6.61 Å². The summed E-state index contributed by atoms with van der Waals surface area (Å²) in [5.74, 6) is 0. The molecule has 0 heterocycles. The van der Waals surface area contributed by atoms with Gasteiger partial charge in [-0.25, -0.2) is 0 Å². The maximum atomic E-state index is 5.68. The van der Waals surface area contributed by atoms with E-state index in [9.17, 15) is 0 Å². The first-order valence-electron chi connectivity index (χ1n) is 7.28. The lowest BCUT2D eigenvalue weighted by atomic mass is 10.1. The monoisotopic (exact) mass is 262 g/mol. The second-order valence-corrected chi connectivity index (χ2v) is 5.68. The Morgan fingerprint density at radius 3 is 2.47 bits per heavy atom. The van der Waals surface area contributed by atoms with Crippen molar-refractivity contribution in [3.05, 3.63) is 35.4 Å². The molecule has 1 aromatic rings. The van der Waals surface area contributed by atoms with Crippen LogP contribution in [0.1, 0.15) is 30.4 Å². The minimum Gasteiger partial charge on any atom is -0.377 e. The molecule has 1 aliphatic carbocycles. The summed E-state index contributed by atoms with van der Waals surface area (Å²) in [4.78, 5) is 2.19. The van der Waals surface area contributed by atoms with E-state index in [1.807, 2.05) is 0 Å². The van der Waals surface area contributed by atoms with Crippen LogP contribution in [0, 0.1) is 0 Å². The van der Waals surface area contributed by atoms with Crippen LogP contribution in [0.25, 0.3) is 0 Å². The van der Waals surface area contributed by atoms with E-state index in [4.69, 9.17) is 4.74 Å². The molecule has 0 bridgehead atoms. The van der Waals surface area contributed by atoms with Gasteiger partial charge < -0.3 is 15.0 Å². The summed E-state index contributed by atoms with van der Waals surface area (Å²) >= 11 is 0. The first kappa shape index (κ1) is 14.5. The lowest BCUT2D eigenvalue weighted by Crippen LogP contribution is -2.15. The maximum Gasteiger partial charge on any atom is 0.0716 e. The van der Waals surface area contributed by atoms with E-state index in [0.29, 0.717) is 0 Å². The third-order valence-electron chi connectivity index (χ3n) is 3.36. The summed E-state index contributed by atoms with van der Waals surface area (Å²) in [7, 11) is 4.18. The third-order valence-corrected chi connectivity index (χ3v) is 3.36. The maximum absolute atomic E-state index is 5.68. The average Bonchev–Trinajstić information content (AvgIpc) is 3.21. The van der Waals surface area contributed by atoms with Gasteiger partial charge in [0.1, 0.15) is 0 Å². The van der Waals surface area contributed by atoms with Crippen LogP contribution in [0.4, 0.5) is 0 Å². The van der Waals surface area contributed by atoms with E-state index in [1.54, 1.807) is 0 Å².